The van der Waals surface area contributed by atoms with E-state index in [1.807, 2.05) is 7.05 Å². The highest BCUT2D eigenvalue weighted by Crippen LogP contribution is 2.36. The molecule has 0 spiro atoms. The quantitative estimate of drug-likeness (QED) is 0.684. The molecule has 0 aromatic heterocycles. The van der Waals surface area contributed by atoms with Crippen molar-refractivity contribution in [2.24, 2.45) is 5.92 Å². The Labute approximate surface area is 137 Å². The summed E-state index contributed by atoms with van der Waals surface area (Å²) < 4.78 is 11.0. The van der Waals surface area contributed by atoms with Crippen molar-refractivity contribution in [3.63, 3.8) is 0 Å². The van der Waals surface area contributed by atoms with Crippen LogP contribution in [0, 0.1) is 5.92 Å². The first-order chi connectivity index (χ1) is 10.5. The number of halogens is 1. The maximum atomic E-state index is 12.1. The minimum atomic E-state index is -0.191. The minimum absolute atomic E-state index is 0.191. The van der Waals surface area contributed by atoms with Crippen LogP contribution in [-0.4, -0.2) is 39.8 Å². The molecule has 1 aromatic rings. The van der Waals surface area contributed by atoms with E-state index in [1.54, 1.807) is 12.1 Å². The van der Waals surface area contributed by atoms with Gasteiger partial charge in [-0.25, -0.2) is 0 Å². The number of hydrogen-bond acceptors (Lipinski definition) is 4. The van der Waals surface area contributed by atoms with E-state index in [0.29, 0.717) is 47.7 Å². The number of carbonyl (C=O) groups is 1. The van der Waals surface area contributed by atoms with Gasteiger partial charge in [0.2, 0.25) is 0 Å². The third-order valence-electron chi connectivity index (χ3n) is 3.09. The first kappa shape index (κ1) is 18.6. The van der Waals surface area contributed by atoms with Crippen molar-refractivity contribution >= 4 is 17.5 Å². The Bertz CT molecular complexity index is 493. The lowest BCUT2D eigenvalue weighted by Gasteiger charge is -2.15. The minimum Gasteiger partial charge on any atom is -0.493 e. The predicted octanol–water partition coefficient (Wildman–Crippen LogP) is 2.72. The Kier molecular flexibility index (Phi) is 8.06. The molecule has 6 heteroatoms. The lowest BCUT2D eigenvalue weighted by molar-refractivity contribution is 0.0953. The SMILES string of the molecule is CNCCNC(=O)c1cc(Cl)c(OCCC(C)C)c(OC)c1. The Morgan fingerprint density at radius 3 is 2.64 bits per heavy atom. The highest BCUT2D eigenvalue weighted by Gasteiger charge is 2.15. The summed E-state index contributed by atoms with van der Waals surface area (Å²) in [4.78, 5) is 12.1. The van der Waals surface area contributed by atoms with Crippen molar-refractivity contribution in [3.8, 4) is 11.5 Å². The van der Waals surface area contributed by atoms with Crippen molar-refractivity contribution in [3.05, 3.63) is 22.7 Å². The number of ether oxygens (including phenoxy) is 2. The zero-order valence-electron chi connectivity index (χ0n) is 13.7. The molecule has 0 aliphatic heterocycles. The number of likely N-dealkylation sites (N-methyl/N-ethyl adjacent to an activating group) is 1. The molecule has 0 unspecified atom stereocenters. The van der Waals surface area contributed by atoms with E-state index in [0.717, 1.165) is 6.42 Å². The fourth-order valence-electron chi connectivity index (χ4n) is 1.79. The van der Waals surface area contributed by atoms with Crippen molar-refractivity contribution in [2.75, 3.05) is 33.9 Å². The molecule has 1 amide bonds. The fourth-order valence-corrected chi connectivity index (χ4v) is 2.06. The molecule has 0 aliphatic rings. The van der Waals surface area contributed by atoms with Crippen molar-refractivity contribution < 1.29 is 14.3 Å². The van der Waals surface area contributed by atoms with Gasteiger partial charge >= 0.3 is 0 Å². The van der Waals surface area contributed by atoms with E-state index in [2.05, 4.69) is 24.5 Å². The number of amides is 1. The number of methoxy groups -OCH3 is 1. The van der Waals surface area contributed by atoms with Gasteiger partial charge in [0.15, 0.2) is 11.5 Å². The molecule has 0 fully saturated rings. The Morgan fingerprint density at radius 2 is 2.05 bits per heavy atom. The van der Waals surface area contributed by atoms with Crippen molar-refractivity contribution in [2.45, 2.75) is 20.3 Å². The second-order valence-electron chi connectivity index (χ2n) is 5.38. The summed E-state index contributed by atoms with van der Waals surface area (Å²) >= 11 is 6.24. The van der Waals surface area contributed by atoms with Gasteiger partial charge in [-0.15, -0.1) is 0 Å². The summed E-state index contributed by atoms with van der Waals surface area (Å²) in [5, 5.41) is 6.14. The third-order valence-corrected chi connectivity index (χ3v) is 3.37. The maximum Gasteiger partial charge on any atom is 0.251 e. The second kappa shape index (κ2) is 9.54. The van der Waals surface area contributed by atoms with Crippen molar-refractivity contribution in [1.29, 1.82) is 0 Å². The smallest absolute Gasteiger partial charge is 0.251 e. The molecule has 0 atom stereocenters. The molecule has 0 aliphatic carbocycles. The van der Waals surface area contributed by atoms with Gasteiger partial charge in [-0.05, 0) is 31.5 Å². The Morgan fingerprint density at radius 1 is 1.32 bits per heavy atom. The number of hydrogen-bond donors (Lipinski definition) is 2. The summed E-state index contributed by atoms with van der Waals surface area (Å²) in [7, 11) is 3.36. The topological polar surface area (TPSA) is 59.6 Å². The molecule has 124 valence electrons. The zero-order chi connectivity index (χ0) is 16.5. The van der Waals surface area contributed by atoms with E-state index >= 15 is 0 Å². The summed E-state index contributed by atoms with van der Waals surface area (Å²) in [6.45, 7) is 6.05. The van der Waals surface area contributed by atoms with E-state index in [9.17, 15) is 4.79 Å². The standard InChI is InChI=1S/C16H25ClN2O3/c1-11(2)5-8-22-15-13(17)9-12(10-14(15)21-4)16(20)19-7-6-18-3/h9-11,18H,5-8H2,1-4H3,(H,19,20). The Hall–Kier alpha value is -1.46. The molecule has 0 radical (unpaired) electrons. The van der Waals surface area contributed by atoms with Gasteiger partial charge in [0.1, 0.15) is 0 Å². The largest absolute Gasteiger partial charge is 0.493 e. The molecular weight excluding hydrogens is 304 g/mol. The second-order valence-corrected chi connectivity index (χ2v) is 5.79. The van der Waals surface area contributed by atoms with Crippen molar-refractivity contribution in [1.82, 2.24) is 10.6 Å². The number of carbonyl (C=O) groups excluding carboxylic acids is 1. The Balaban J connectivity index is 2.83. The molecule has 0 heterocycles. The zero-order valence-corrected chi connectivity index (χ0v) is 14.4. The van der Waals surface area contributed by atoms with Gasteiger partial charge in [-0.2, -0.15) is 0 Å². The van der Waals surface area contributed by atoms with Crippen LogP contribution in [-0.2, 0) is 0 Å². The molecule has 2 N–H and O–H groups in total. The molecule has 0 saturated heterocycles. The number of nitrogens with one attached hydrogen (secondary N) is 2. The number of rotatable bonds is 9. The van der Waals surface area contributed by atoms with Crippen LogP contribution in [0.25, 0.3) is 0 Å². The average molecular weight is 329 g/mol. The highest BCUT2D eigenvalue weighted by atomic mass is 35.5. The summed E-state index contributed by atoms with van der Waals surface area (Å²) in [5.74, 6) is 1.30. The molecule has 1 rings (SSSR count). The van der Waals surface area contributed by atoms with Crippen LogP contribution in [0.5, 0.6) is 11.5 Å². The normalized spacial score (nSPS) is 10.6. The lowest BCUT2D eigenvalue weighted by atomic mass is 10.1. The van der Waals surface area contributed by atoms with Crippen LogP contribution in [0.2, 0.25) is 5.02 Å². The van der Waals surface area contributed by atoms with Gasteiger partial charge in [-0.3, -0.25) is 4.79 Å². The highest BCUT2D eigenvalue weighted by molar-refractivity contribution is 6.32. The number of benzene rings is 1. The lowest BCUT2D eigenvalue weighted by Crippen LogP contribution is -2.30. The monoisotopic (exact) mass is 328 g/mol. The molecule has 1 aromatic carbocycles. The van der Waals surface area contributed by atoms with Crippen LogP contribution >= 0.6 is 11.6 Å². The summed E-state index contributed by atoms with van der Waals surface area (Å²) in [6.07, 6.45) is 0.922. The molecular formula is C16H25ClN2O3. The molecule has 0 saturated carbocycles. The van der Waals surface area contributed by atoms with Gasteiger partial charge in [0.25, 0.3) is 5.91 Å². The molecule has 5 nitrogen and oxygen atoms in total. The summed E-state index contributed by atoms with van der Waals surface area (Å²) in [5.41, 5.74) is 0.453. The first-order valence-corrected chi connectivity index (χ1v) is 7.80. The van der Waals surface area contributed by atoms with Crippen LogP contribution in [0.1, 0.15) is 30.6 Å². The van der Waals surface area contributed by atoms with E-state index in [-0.39, 0.29) is 5.91 Å². The van der Waals surface area contributed by atoms with Gasteiger partial charge < -0.3 is 20.1 Å². The van der Waals surface area contributed by atoms with Crippen LogP contribution in [0.3, 0.4) is 0 Å². The first-order valence-electron chi connectivity index (χ1n) is 7.42. The fraction of sp³-hybridized carbons (Fsp3) is 0.562. The molecule has 0 bridgehead atoms. The van der Waals surface area contributed by atoms with Crippen LogP contribution in [0.4, 0.5) is 0 Å². The van der Waals surface area contributed by atoms with Gasteiger partial charge in [-0.1, -0.05) is 25.4 Å². The summed E-state index contributed by atoms with van der Waals surface area (Å²) in [6, 6.07) is 3.24. The third kappa shape index (κ3) is 5.73. The van der Waals surface area contributed by atoms with Crippen LogP contribution < -0.4 is 20.1 Å². The van der Waals surface area contributed by atoms with Gasteiger partial charge in [0.05, 0.1) is 18.7 Å². The van der Waals surface area contributed by atoms with Crippen LogP contribution in [0.15, 0.2) is 12.1 Å². The van der Waals surface area contributed by atoms with E-state index in [1.165, 1.54) is 7.11 Å². The maximum absolute atomic E-state index is 12.1. The average Bonchev–Trinajstić information content (AvgIpc) is 2.48. The van der Waals surface area contributed by atoms with E-state index in [4.69, 9.17) is 21.1 Å². The van der Waals surface area contributed by atoms with E-state index < -0.39 is 0 Å². The molecule has 22 heavy (non-hydrogen) atoms. The predicted molar refractivity (Wildman–Crippen MR) is 89.2 cm³/mol. The van der Waals surface area contributed by atoms with Gasteiger partial charge in [0, 0.05) is 18.7 Å².